The monoisotopic (exact) mass is 337 g/mol. The summed E-state index contributed by atoms with van der Waals surface area (Å²) >= 11 is 6.22. The fraction of sp³-hybridized carbons (Fsp3) is 0.375. The Morgan fingerprint density at radius 2 is 2.26 bits per heavy atom. The molecule has 1 heterocycles. The summed E-state index contributed by atoms with van der Waals surface area (Å²) < 4.78 is 16.0. The van der Waals surface area contributed by atoms with Gasteiger partial charge in [0.15, 0.2) is 30.3 Å². The highest BCUT2D eigenvalue weighted by Crippen LogP contribution is 2.41. The van der Waals surface area contributed by atoms with Gasteiger partial charge in [-0.15, -0.1) is 0 Å². The Hall–Kier alpha value is -2.21. The van der Waals surface area contributed by atoms with E-state index in [0.29, 0.717) is 17.4 Å². The highest BCUT2D eigenvalue weighted by atomic mass is 35.5. The third kappa shape index (κ3) is 3.59. The van der Waals surface area contributed by atoms with Gasteiger partial charge in [0.05, 0.1) is 17.8 Å². The molecule has 3 rings (SSSR count). The summed E-state index contributed by atoms with van der Waals surface area (Å²) in [6.07, 6.45) is 4.74. The number of benzene rings is 1. The lowest BCUT2D eigenvalue weighted by Gasteiger charge is -2.12. The predicted octanol–water partition coefficient (Wildman–Crippen LogP) is 3.42. The first-order chi connectivity index (χ1) is 11.1. The third-order valence-corrected chi connectivity index (χ3v) is 3.93. The van der Waals surface area contributed by atoms with Crippen molar-refractivity contribution in [3.63, 3.8) is 0 Å². The van der Waals surface area contributed by atoms with Crippen molar-refractivity contribution in [1.29, 1.82) is 0 Å². The minimum atomic E-state index is -1.09. The van der Waals surface area contributed by atoms with Crippen molar-refractivity contribution in [3.8, 4) is 22.8 Å². The van der Waals surface area contributed by atoms with E-state index in [2.05, 4.69) is 4.98 Å². The molecule has 0 saturated heterocycles. The molecule has 0 amide bonds. The van der Waals surface area contributed by atoms with Gasteiger partial charge in [0.1, 0.15) is 0 Å². The molecule has 2 aromatic rings. The van der Waals surface area contributed by atoms with Crippen LogP contribution in [-0.2, 0) is 11.2 Å². The maximum Gasteiger partial charge on any atom is 0.341 e. The van der Waals surface area contributed by atoms with Gasteiger partial charge in [-0.25, -0.2) is 9.78 Å². The molecule has 1 N–H and O–H groups in total. The molecule has 0 spiro atoms. The number of methoxy groups -OCH3 is 1. The van der Waals surface area contributed by atoms with Crippen LogP contribution in [0.2, 0.25) is 5.02 Å². The van der Waals surface area contributed by atoms with Crippen LogP contribution in [0.5, 0.6) is 11.5 Å². The standard InChI is InChI=1S/C16H16ClNO5/c1-21-13-6-10(5-11(17)16(13)22-7-14(19)20)15-12(18-8-23-15)4-9-2-3-9/h5-6,8-9H,2-4,7H2,1H3,(H,19,20). The van der Waals surface area contributed by atoms with Gasteiger partial charge in [0.2, 0.25) is 0 Å². The number of aromatic nitrogens is 1. The molecule has 1 aliphatic rings. The van der Waals surface area contributed by atoms with Crippen LogP contribution < -0.4 is 9.47 Å². The maximum atomic E-state index is 10.7. The summed E-state index contributed by atoms with van der Waals surface area (Å²) in [7, 11) is 1.47. The predicted molar refractivity (Wildman–Crippen MR) is 83.1 cm³/mol. The van der Waals surface area contributed by atoms with Crippen molar-refractivity contribution < 1.29 is 23.8 Å². The Morgan fingerprint density at radius 3 is 2.91 bits per heavy atom. The highest BCUT2D eigenvalue weighted by Gasteiger charge is 2.26. The first kappa shape index (κ1) is 15.7. The van der Waals surface area contributed by atoms with Gasteiger partial charge in [-0.1, -0.05) is 11.6 Å². The number of carboxylic acid groups (broad SMARTS) is 1. The summed E-state index contributed by atoms with van der Waals surface area (Å²) in [6.45, 7) is -0.495. The van der Waals surface area contributed by atoms with Gasteiger partial charge in [0.25, 0.3) is 0 Å². The van der Waals surface area contributed by atoms with Crippen molar-refractivity contribution in [2.24, 2.45) is 5.92 Å². The van der Waals surface area contributed by atoms with Crippen molar-refractivity contribution >= 4 is 17.6 Å². The molecule has 1 fully saturated rings. The lowest BCUT2D eigenvalue weighted by molar-refractivity contribution is -0.139. The van der Waals surface area contributed by atoms with Gasteiger partial charge >= 0.3 is 5.97 Å². The van der Waals surface area contributed by atoms with Gasteiger partial charge < -0.3 is 19.0 Å². The van der Waals surface area contributed by atoms with Crippen molar-refractivity contribution in [1.82, 2.24) is 4.98 Å². The van der Waals surface area contributed by atoms with Crippen LogP contribution >= 0.6 is 11.6 Å². The average Bonchev–Trinajstić information content (AvgIpc) is 3.20. The molecule has 0 radical (unpaired) electrons. The van der Waals surface area contributed by atoms with Crippen molar-refractivity contribution in [3.05, 3.63) is 29.2 Å². The van der Waals surface area contributed by atoms with E-state index in [1.54, 1.807) is 12.1 Å². The number of aliphatic carboxylic acids is 1. The summed E-state index contributed by atoms with van der Waals surface area (Å²) in [4.78, 5) is 14.9. The van der Waals surface area contributed by atoms with Crippen LogP contribution in [0.15, 0.2) is 22.9 Å². The maximum absolute atomic E-state index is 10.7. The Kier molecular flexibility index (Phi) is 4.43. The summed E-state index contributed by atoms with van der Waals surface area (Å²) in [6, 6.07) is 3.37. The fourth-order valence-corrected chi connectivity index (χ4v) is 2.63. The second-order valence-corrected chi connectivity index (χ2v) is 5.85. The van der Waals surface area contributed by atoms with Crippen LogP contribution in [0.25, 0.3) is 11.3 Å². The van der Waals surface area contributed by atoms with Gasteiger partial charge in [-0.2, -0.15) is 0 Å². The molecule has 122 valence electrons. The quantitative estimate of drug-likeness (QED) is 0.833. The van der Waals surface area contributed by atoms with Gasteiger partial charge in [0, 0.05) is 5.56 Å². The van der Waals surface area contributed by atoms with Crippen LogP contribution in [-0.4, -0.2) is 29.8 Å². The molecule has 7 heteroatoms. The van der Waals surface area contributed by atoms with Crippen LogP contribution in [0.4, 0.5) is 0 Å². The minimum absolute atomic E-state index is 0.198. The molecule has 0 bridgehead atoms. The second-order valence-electron chi connectivity index (χ2n) is 5.45. The highest BCUT2D eigenvalue weighted by molar-refractivity contribution is 6.32. The Bertz CT molecular complexity index is 723. The zero-order valence-electron chi connectivity index (χ0n) is 12.5. The summed E-state index contributed by atoms with van der Waals surface area (Å²) in [5.74, 6) is 0.788. The Labute approximate surface area is 138 Å². The van der Waals surface area contributed by atoms with Crippen LogP contribution in [0.1, 0.15) is 18.5 Å². The minimum Gasteiger partial charge on any atom is -0.493 e. The summed E-state index contributed by atoms with van der Waals surface area (Å²) in [5.41, 5.74) is 1.62. The Morgan fingerprint density at radius 1 is 1.48 bits per heavy atom. The molecule has 23 heavy (non-hydrogen) atoms. The van der Waals surface area contributed by atoms with Crippen molar-refractivity contribution in [2.45, 2.75) is 19.3 Å². The number of halogens is 1. The molecular weight excluding hydrogens is 322 g/mol. The summed E-state index contributed by atoms with van der Waals surface area (Å²) in [5, 5.41) is 8.99. The van der Waals surface area contributed by atoms with Crippen molar-refractivity contribution in [2.75, 3.05) is 13.7 Å². The molecule has 6 nitrogen and oxygen atoms in total. The first-order valence-corrected chi connectivity index (χ1v) is 7.61. The number of hydrogen-bond donors (Lipinski definition) is 1. The van der Waals surface area contributed by atoms with Gasteiger partial charge in [-0.05, 0) is 37.3 Å². The van der Waals surface area contributed by atoms with Crippen LogP contribution in [0, 0.1) is 5.92 Å². The zero-order chi connectivity index (χ0) is 16.4. The zero-order valence-corrected chi connectivity index (χ0v) is 13.3. The SMILES string of the molecule is COc1cc(-c2ocnc2CC2CC2)cc(Cl)c1OCC(=O)O. The van der Waals surface area contributed by atoms with Gasteiger partial charge in [-0.3, -0.25) is 0 Å². The number of carboxylic acids is 1. The normalized spacial score (nSPS) is 13.8. The molecule has 0 aliphatic heterocycles. The van der Waals surface area contributed by atoms with E-state index in [1.165, 1.54) is 26.3 Å². The van der Waals surface area contributed by atoms with E-state index < -0.39 is 12.6 Å². The molecular formula is C16H16ClNO5. The second kappa shape index (κ2) is 6.50. The number of carbonyl (C=O) groups is 1. The molecule has 1 aromatic heterocycles. The van der Waals surface area contributed by atoms with E-state index in [0.717, 1.165) is 17.7 Å². The fourth-order valence-electron chi connectivity index (χ4n) is 2.37. The number of nitrogens with zero attached hydrogens (tertiary/aromatic N) is 1. The van der Waals surface area contributed by atoms with E-state index in [9.17, 15) is 4.79 Å². The lowest BCUT2D eigenvalue weighted by atomic mass is 10.1. The van der Waals surface area contributed by atoms with E-state index in [4.69, 9.17) is 30.6 Å². The topological polar surface area (TPSA) is 81.8 Å². The number of hydrogen-bond acceptors (Lipinski definition) is 5. The van der Waals surface area contributed by atoms with Crippen LogP contribution in [0.3, 0.4) is 0 Å². The third-order valence-electron chi connectivity index (χ3n) is 3.65. The number of oxazole rings is 1. The molecule has 1 aliphatic carbocycles. The molecule has 1 saturated carbocycles. The smallest absolute Gasteiger partial charge is 0.341 e. The average molecular weight is 338 g/mol. The van der Waals surface area contributed by atoms with E-state index in [1.807, 2.05) is 0 Å². The molecule has 0 unspecified atom stereocenters. The molecule has 1 aromatic carbocycles. The largest absolute Gasteiger partial charge is 0.493 e. The molecule has 0 atom stereocenters. The number of ether oxygens (including phenoxy) is 2. The number of rotatable bonds is 7. The van der Waals surface area contributed by atoms with E-state index in [-0.39, 0.29) is 10.8 Å². The lowest BCUT2D eigenvalue weighted by Crippen LogP contribution is -2.10. The van der Waals surface area contributed by atoms with E-state index >= 15 is 0 Å². The first-order valence-electron chi connectivity index (χ1n) is 7.23. The Balaban J connectivity index is 1.92.